The van der Waals surface area contributed by atoms with Crippen LogP contribution in [0.5, 0.6) is 0 Å². The maximum atomic E-state index is 4.48. The molecule has 12 nitrogen and oxygen atoms in total. The molecule has 0 unspecified atom stereocenters. The Morgan fingerprint density at radius 3 is 2.59 bits per heavy atom. The number of rotatable bonds is 13. The number of hydrazine groups is 3. The molecular weight excluding hydrogens is 408 g/mol. The molecule has 0 aliphatic carbocycles. The smallest absolute Gasteiger partial charge is 0.0945 e. The zero-order valence-corrected chi connectivity index (χ0v) is 18.5. The summed E-state index contributed by atoms with van der Waals surface area (Å²) in [5.74, 6) is 0. The molecule has 4 aromatic heterocycles. The number of hydrogen-bond acceptors (Lipinski definition) is 8. The molecule has 0 amide bonds. The van der Waals surface area contributed by atoms with Crippen molar-refractivity contribution in [3.8, 4) is 0 Å². The third-order valence-corrected chi connectivity index (χ3v) is 5.06. The van der Waals surface area contributed by atoms with Crippen molar-refractivity contribution in [2.75, 3.05) is 6.54 Å². The van der Waals surface area contributed by atoms with Crippen LogP contribution in [0.1, 0.15) is 23.5 Å². The highest BCUT2D eigenvalue weighted by Gasteiger charge is 2.19. The molecule has 0 atom stereocenters. The number of imidazole rings is 1. The second-order valence-corrected chi connectivity index (χ2v) is 7.52. The summed E-state index contributed by atoms with van der Waals surface area (Å²) in [6, 6.07) is 6.00. The number of nitrogens with one attached hydrogen (secondary N) is 3. The van der Waals surface area contributed by atoms with E-state index in [1.165, 1.54) is 0 Å². The number of aryl methyl sites for hydroxylation is 3. The lowest BCUT2D eigenvalue weighted by Crippen LogP contribution is -2.56. The highest BCUT2D eigenvalue weighted by atomic mass is 15.9. The van der Waals surface area contributed by atoms with E-state index in [1.54, 1.807) is 17.1 Å². The quantitative estimate of drug-likeness (QED) is 0.205. The van der Waals surface area contributed by atoms with Crippen LogP contribution < -0.4 is 10.9 Å². The van der Waals surface area contributed by atoms with Gasteiger partial charge in [-0.3, -0.25) is 14.5 Å². The molecular formula is C20H30N12. The highest BCUT2D eigenvalue weighted by Crippen LogP contribution is 2.08. The van der Waals surface area contributed by atoms with Crippen molar-refractivity contribution in [2.45, 2.75) is 32.6 Å². The standard InChI is InChI=1S/C20H30N12/c1-28-12-6-18(27-28)14-25-31(15-19-4-8-22-26-19)32(16-20-5-9-23-29(20)2)24-7-3-11-30-13-10-21-17-30/h4-6,8-10,12-13,17,24-25H,3,7,11,14-16H2,1-2H3,(H,22,26). The number of nitrogens with zero attached hydrogens (tertiary/aromatic N) is 9. The van der Waals surface area contributed by atoms with E-state index in [1.807, 2.05) is 67.0 Å². The van der Waals surface area contributed by atoms with Gasteiger partial charge in [0.2, 0.25) is 0 Å². The van der Waals surface area contributed by atoms with Crippen LogP contribution >= 0.6 is 0 Å². The molecule has 0 bridgehead atoms. The fourth-order valence-electron chi connectivity index (χ4n) is 3.32. The summed E-state index contributed by atoms with van der Waals surface area (Å²) in [7, 11) is 3.87. The SMILES string of the molecule is Cn1ccc(CNN(Cc2ccn[nH]2)N(Cc2ccnn2C)NCCCn2ccnc2)n1. The molecule has 4 rings (SSSR count). The normalized spacial score (nSPS) is 11.8. The predicted octanol–water partition coefficient (Wildman–Crippen LogP) is 0.592. The molecule has 12 heteroatoms. The van der Waals surface area contributed by atoms with Gasteiger partial charge in [-0.05, 0) is 24.6 Å². The molecule has 3 N–H and O–H groups in total. The summed E-state index contributed by atoms with van der Waals surface area (Å²) in [4.78, 5) is 4.11. The molecule has 170 valence electrons. The summed E-state index contributed by atoms with van der Waals surface area (Å²) >= 11 is 0. The van der Waals surface area contributed by atoms with E-state index in [0.29, 0.717) is 19.6 Å². The van der Waals surface area contributed by atoms with Gasteiger partial charge in [0.25, 0.3) is 0 Å². The van der Waals surface area contributed by atoms with Crippen molar-refractivity contribution in [1.29, 1.82) is 0 Å². The molecule has 0 aliphatic heterocycles. The summed E-state index contributed by atoms with van der Waals surface area (Å²) in [6.45, 7) is 3.51. The second kappa shape index (κ2) is 10.8. The van der Waals surface area contributed by atoms with Gasteiger partial charge in [0.05, 0.1) is 43.0 Å². The number of H-pyrrole nitrogens is 1. The molecule has 0 aliphatic rings. The zero-order valence-electron chi connectivity index (χ0n) is 18.5. The van der Waals surface area contributed by atoms with E-state index in [0.717, 1.165) is 36.6 Å². The maximum Gasteiger partial charge on any atom is 0.0945 e. The van der Waals surface area contributed by atoms with E-state index >= 15 is 0 Å². The zero-order chi connectivity index (χ0) is 22.2. The maximum absolute atomic E-state index is 4.48. The van der Waals surface area contributed by atoms with Crippen LogP contribution in [-0.2, 0) is 40.3 Å². The van der Waals surface area contributed by atoms with Crippen LogP contribution in [0.2, 0.25) is 0 Å². The highest BCUT2D eigenvalue weighted by molar-refractivity contribution is 5.01. The molecule has 0 spiro atoms. The van der Waals surface area contributed by atoms with E-state index < -0.39 is 0 Å². The van der Waals surface area contributed by atoms with Crippen molar-refractivity contribution >= 4 is 0 Å². The average molecular weight is 439 g/mol. The molecule has 0 fully saturated rings. The molecule has 0 saturated heterocycles. The van der Waals surface area contributed by atoms with Crippen molar-refractivity contribution in [2.24, 2.45) is 14.1 Å². The minimum absolute atomic E-state index is 0.591. The number of aromatic nitrogens is 8. The van der Waals surface area contributed by atoms with Crippen LogP contribution in [0.4, 0.5) is 0 Å². The molecule has 0 radical (unpaired) electrons. The summed E-state index contributed by atoms with van der Waals surface area (Å²) in [5.41, 5.74) is 10.1. The first-order valence-corrected chi connectivity index (χ1v) is 10.6. The molecule has 4 heterocycles. The van der Waals surface area contributed by atoms with E-state index in [9.17, 15) is 0 Å². The lowest BCUT2D eigenvalue weighted by Gasteiger charge is -2.35. The van der Waals surface area contributed by atoms with Gasteiger partial charge in [-0.15, -0.1) is 0 Å². The minimum Gasteiger partial charge on any atom is -0.337 e. The van der Waals surface area contributed by atoms with Gasteiger partial charge in [-0.2, -0.15) is 25.5 Å². The first-order chi connectivity index (χ1) is 15.7. The van der Waals surface area contributed by atoms with E-state index in [2.05, 4.69) is 45.9 Å². The Kier molecular flexibility index (Phi) is 7.40. The first-order valence-electron chi connectivity index (χ1n) is 10.6. The van der Waals surface area contributed by atoms with E-state index in [4.69, 9.17) is 0 Å². The van der Waals surface area contributed by atoms with Crippen LogP contribution in [0, 0.1) is 0 Å². The molecule has 0 saturated carbocycles. The van der Waals surface area contributed by atoms with Crippen molar-refractivity contribution in [3.63, 3.8) is 0 Å². The first kappa shape index (κ1) is 21.9. The van der Waals surface area contributed by atoms with Gasteiger partial charge >= 0.3 is 0 Å². The van der Waals surface area contributed by atoms with Gasteiger partial charge < -0.3 is 4.57 Å². The van der Waals surface area contributed by atoms with Gasteiger partial charge in [0.15, 0.2) is 0 Å². The van der Waals surface area contributed by atoms with Gasteiger partial charge in [-0.1, -0.05) is 0 Å². The molecule has 0 aromatic carbocycles. The van der Waals surface area contributed by atoms with Crippen LogP contribution in [-0.4, -0.2) is 56.1 Å². The Morgan fingerprint density at radius 1 is 1.00 bits per heavy atom. The number of aromatic amines is 1. The molecule has 4 aromatic rings. The van der Waals surface area contributed by atoms with Gasteiger partial charge in [0, 0.05) is 58.2 Å². The largest absolute Gasteiger partial charge is 0.337 e. The van der Waals surface area contributed by atoms with Crippen LogP contribution in [0.3, 0.4) is 0 Å². The van der Waals surface area contributed by atoms with Gasteiger partial charge in [-0.25, -0.2) is 15.8 Å². The lowest BCUT2D eigenvalue weighted by atomic mass is 10.4. The topological polar surface area (TPSA) is 113 Å². The van der Waals surface area contributed by atoms with Crippen molar-refractivity contribution < 1.29 is 0 Å². The predicted molar refractivity (Wildman–Crippen MR) is 118 cm³/mol. The third kappa shape index (κ3) is 6.11. The summed E-state index contributed by atoms with van der Waals surface area (Å²) < 4.78 is 5.76. The summed E-state index contributed by atoms with van der Waals surface area (Å²) in [5, 5.41) is 20.1. The molecule has 32 heavy (non-hydrogen) atoms. The summed E-state index contributed by atoms with van der Waals surface area (Å²) in [6.07, 6.45) is 12.1. The lowest BCUT2D eigenvalue weighted by molar-refractivity contribution is -0.128. The Balaban J connectivity index is 1.45. The van der Waals surface area contributed by atoms with Crippen LogP contribution in [0.15, 0.2) is 55.5 Å². The Morgan fingerprint density at radius 2 is 1.91 bits per heavy atom. The average Bonchev–Trinajstić information content (AvgIpc) is 3.58. The van der Waals surface area contributed by atoms with Crippen molar-refractivity contribution in [3.05, 3.63) is 72.6 Å². The minimum atomic E-state index is 0.591. The number of hydrogen-bond donors (Lipinski definition) is 3. The Labute approximate surface area is 186 Å². The Bertz CT molecular complexity index is 1030. The van der Waals surface area contributed by atoms with Crippen molar-refractivity contribution in [1.82, 2.24) is 60.4 Å². The van der Waals surface area contributed by atoms with E-state index in [-0.39, 0.29) is 0 Å². The fraction of sp³-hybridized carbons (Fsp3) is 0.400. The van der Waals surface area contributed by atoms with Crippen LogP contribution in [0.25, 0.3) is 0 Å². The monoisotopic (exact) mass is 438 g/mol. The Hall–Kier alpha value is -3.32. The van der Waals surface area contributed by atoms with Gasteiger partial charge in [0.1, 0.15) is 0 Å². The third-order valence-electron chi connectivity index (χ3n) is 5.06. The second-order valence-electron chi connectivity index (χ2n) is 7.52. The fourth-order valence-corrected chi connectivity index (χ4v) is 3.32.